The standard InChI is InChI=1S/C20H16ClNO3/c21-18(23)10-9-17-19(22-17)20(24)25-11-16-14-7-3-1-5-12(14)13-6-2-4-8-15(13)16/h1-8,16-17H,9-11H2. The second kappa shape index (κ2) is 6.45. The topological polar surface area (TPSA) is 55.7 Å². The van der Waals surface area contributed by atoms with Gasteiger partial charge in [0.1, 0.15) is 18.4 Å². The molecule has 2 aromatic rings. The average molecular weight is 354 g/mol. The van der Waals surface area contributed by atoms with Crippen molar-refractivity contribution in [1.29, 1.82) is 0 Å². The summed E-state index contributed by atoms with van der Waals surface area (Å²) in [4.78, 5) is 27.0. The Hall–Kier alpha value is -2.46. The molecule has 25 heavy (non-hydrogen) atoms. The first-order valence-electron chi connectivity index (χ1n) is 8.26. The largest absolute Gasteiger partial charge is 0.460 e. The molecule has 1 aliphatic carbocycles. The maximum Gasteiger partial charge on any atom is 0.354 e. The molecule has 4 nitrogen and oxygen atoms in total. The molecule has 126 valence electrons. The summed E-state index contributed by atoms with van der Waals surface area (Å²) in [5.41, 5.74) is 5.16. The van der Waals surface area contributed by atoms with Crippen LogP contribution in [0.3, 0.4) is 0 Å². The van der Waals surface area contributed by atoms with E-state index < -0.39 is 11.2 Å². The van der Waals surface area contributed by atoms with Crippen LogP contribution in [-0.4, -0.2) is 29.6 Å². The third kappa shape index (κ3) is 3.10. The van der Waals surface area contributed by atoms with E-state index in [0.29, 0.717) is 12.1 Å². The summed E-state index contributed by atoms with van der Waals surface area (Å²) >= 11 is 5.31. The predicted octanol–water partition coefficient (Wildman–Crippen LogP) is 3.71. The van der Waals surface area contributed by atoms with Crippen LogP contribution in [0.5, 0.6) is 0 Å². The van der Waals surface area contributed by atoms with Crippen molar-refractivity contribution in [3.63, 3.8) is 0 Å². The van der Waals surface area contributed by atoms with Crippen LogP contribution in [0.1, 0.15) is 29.9 Å². The van der Waals surface area contributed by atoms with Gasteiger partial charge >= 0.3 is 5.97 Å². The maximum atomic E-state index is 12.2. The number of rotatable bonds is 6. The van der Waals surface area contributed by atoms with Gasteiger partial charge in [0, 0.05) is 12.3 Å². The van der Waals surface area contributed by atoms with Crippen molar-refractivity contribution in [3.05, 3.63) is 59.7 Å². The van der Waals surface area contributed by atoms with Crippen molar-refractivity contribution >= 4 is 28.5 Å². The minimum Gasteiger partial charge on any atom is -0.460 e. The molecule has 1 aliphatic heterocycles. The molecule has 0 N–H and O–H groups in total. The Morgan fingerprint density at radius 1 is 1.00 bits per heavy atom. The number of nitrogens with zero attached hydrogens (tertiary/aromatic N) is 1. The number of benzene rings is 2. The molecule has 0 saturated carbocycles. The summed E-state index contributed by atoms with van der Waals surface area (Å²) in [7, 11) is 0. The van der Waals surface area contributed by atoms with Gasteiger partial charge in [-0.1, -0.05) is 48.5 Å². The Morgan fingerprint density at radius 3 is 2.20 bits per heavy atom. The normalized spacial score (nSPS) is 17.5. The van der Waals surface area contributed by atoms with E-state index in [0.717, 1.165) is 0 Å². The highest BCUT2D eigenvalue weighted by Crippen LogP contribution is 2.44. The molecular weight excluding hydrogens is 338 g/mol. The van der Waals surface area contributed by atoms with Crippen molar-refractivity contribution in [2.45, 2.75) is 24.8 Å². The smallest absolute Gasteiger partial charge is 0.354 e. The fraction of sp³-hybridized carbons (Fsp3) is 0.250. The van der Waals surface area contributed by atoms with Gasteiger partial charge in [0.15, 0.2) is 0 Å². The summed E-state index contributed by atoms with van der Waals surface area (Å²) in [6, 6.07) is 16.2. The van der Waals surface area contributed by atoms with Crippen LogP contribution in [0.15, 0.2) is 53.5 Å². The Kier molecular flexibility index (Phi) is 4.14. The molecular formula is C20H16ClNO3. The van der Waals surface area contributed by atoms with Crippen molar-refractivity contribution in [2.24, 2.45) is 4.99 Å². The highest BCUT2D eigenvalue weighted by atomic mass is 35.5. The molecule has 1 heterocycles. The van der Waals surface area contributed by atoms with Crippen LogP contribution in [-0.2, 0) is 14.3 Å². The van der Waals surface area contributed by atoms with Crippen LogP contribution < -0.4 is 0 Å². The van der Waals surface area contributed by atoms with Gasteiger partial charge in [-0.05, 0) is 40.3 Å². The van der Waals surface area contributed by atoms with Crippen LogP contribution in [0.4, 0.5) is 0 Å². The Morgan fingerprint density at radius 2 is 1.60 bits per heavy atom. The number of hydrogen-bond acceptors (Lipinski definition) is 4. The zero-order valence-electron chi connectivity index (χ0n) is 13.4. The number of carbonyl (C=O) groups excluding carboxylic acids is 2. The van der Waals surface area contributed by atoms with Crippen molar-refractivity contribution < 1.29 is 14.3 Å². The minimum absolute atomic E-state index is 0.0403. The predicted molar refractivity (Wildman–Crippen MR) is 96.0 cm³/mol. The molecule has 4 rings (SSSR count). The number of aliphatic imine (C=N–C) groups is 1. The molecule has 0 aromatic heterocycles. The summed E-state index contributed by atoms with van der Waals surface area (Å²) in [6.45, 7) is 0.285. The molecule has 0 fully saturated rings. The fourth-order valence-corrected chi connectivity index (χ4v) is 3.55. The lowest BCUT2D eigenvalue weighted by Crippen LogP contribution is -2.18. The molecule has 5 heteroatoms. The van der Waals surface area contributed by atoms with E-state index in [1.54, 1.807) is 0 Å². The Balaban J connectivity index is 1.43. The lowest BCUT2D eigenvalue weighted by Gasteiger charge is -2.13. The Labute approximate surface area is 150 Å². The monoisotopic (exact) mass is 353 g/mol. The molecule has 2 aromatic carbocycles. The van der Waals surface area contributed by atoms with Crippen molar-refractivity contribution in [3.8, 4) is 11.1 Å². The zero-order chi connectivity index (χ0) is 17.4. The van der Waals surface area contributed by atoms with E-state index in [2.05, 4.69) is 29.3 Å². The quantitative estimate of drug-likeness (QED) is 0.587. The van der Waals surface area contributed by atoms with Gasteiger partial charge in [0.25, 0.3) is 0 Å². The van der Waals surface area contributed by atoms with E-state index in [-0.39, 0.29) is 25.0 Å². The van der Waals surface area contributed by atoms with Gasteiger partial charge in [0.2, 0.25) is 5.24 Å². The first-order valence-corrected chi connectivity index (χ1v) is 8.64. The summed E-state index contributed by atoms with van der Waals surface area (Å²) < 4.78 is 5.51. The lowest BCUT2D eigenvalue weighted by molar-refractivity contribution is -0.135. The minimum atomic E-state index is -0.408. The zero-order valence-corrected chi connectivity index (χ0v) is 14.2. The molecule has 1 atom stereocenters. The summed E-state index contributed by atoms with van der Waals surface area (Å²) in [6.07, 6.45) is 0.692. The molecule has 0 amide bonds. The van der Waals surface area contributed by atoms with E-state index >= 15 is 0 Å². The number of ether oxygens (including phenoxy) is 1. The van der Waals surface area contributed by atoms with Gasteiger partial charge in [-0.3, -0.25) is 9.79 Å². The van der Waals surface area contributed by atoms with Crippen LogP contribution in [0.25, 0.3) is 11.1 Å². The second-order valence-corrected chi connectivity index (χ2v) is 6.67. The number of hydrogen-bond donors (Lipinski definition) is 0. The van der Waals surface area contributed by atoms with E-state index in [9.17, 15) is 9.59 Å². The van der Waals surface area contributed by atoms with Crippen LogP contribution in [0.2, 0.25) is 0 Å². The third-order valence-electron chi connectivity index (χ3n) is 4.71. The molecule has 0 saturated heterocycles. The number of esters is 1. The highest BCUT2D eigenvalue weighted by molar-refractivity contribution is 6.63. The van der Waals surface area contributed by atoms with Gasteiger partial charge in [-0.15, -0.1) is 0 Å². The first-order chi connectivity index (χ1) is 12.1. The second-order valence-electron chi connectivity index (χ2n) is 6.25. The van der Waals surface area contributed by atoms with E-state index in [1.165, 1.54) is 22.3 Å². The third-order valence-corrected chi connectivity index (χ3v) is 4.90. The Bertz CT molecular complexity index is 845. The van der Waals surface area contributed by atoms with Crippen molar-refractivity contribution in [2.75, 3.05) is 6.61 Å². The highest BCUT2D eigenvalue weighted by Gasteiger charge is 2.36. The number of carbonyl (C=O) groups is 2. The average Bonchev–Trinajstić information content (AvgIpc) is 3.34. The maximum absolute atomic E-state index is 12.2. The van der Waals surface area contributed by atoms with Crippen LogP contribution >= 0.6 is 11.6 Å². The van der Waals surface area contributed by atoms with Gasteiger partial charge in [-0.25, -0.2) is 4.79 Å². The number of fused-ring (bicyclic) bond motifs is 3. The fourth-order valence-electron chi connectivity index (χ4n) is 3.44. The molecule has 0 radical (unpaired) electrons. The van der Waals surface area contributed by atoms with Gasteiger partial charge < -0.3 is 4.74 Å². The van der Waals surface area contributed by atoms with Gasteiger partial charge in [0.05, 0.1) is 0 Å². The molecule has 0 bridgehead atoms. The van der Waals surface area contributed by atoms with Crippen molar-refractivity contribution in [1.82, 2.24) is 0 Å². The molecule has 2 aliphatic rings. The van der Waals surface area contributed by atoms with Crippen LogP contribution in [0, 0.1) is 0 Å². The van der Waals surface area contributed by atoms with Gasteiger partial charge in [-0.2, -0.15) is 0 Å². The molecule has 1 unspecified atom stereocenters. The van der Waals surface area contributed by atoms with E-state index in [4.69, 9.17) is 16.3 Å². The molecule has 0 spiro atoms. The van der Waals surface area contributed by atoms with E-state index in [1.807, 2.05) is 24.3 Å². The summed E-state index contributed by atoms with van der Waals surface area (Å²) in [5, 5.41) is -0.408. The SMILES string of the molecule is O=C(Cl)CCC1N=C1C(=O)OCC1c2ccccc2-c2ccccc21. The first kappa shape index (κ1) is 16.0. The lowest BCUT2D eigenvalue weighted by atomic mass is 9.98. The summed E-state index contributed by atoms with van der Waals surface area (Å²) in [5.74, 6) is -0.354. The number of halogens is 1.